The molecule has 1 heterocycles. The second-order valence-corrected chi connectivity index (χ2v) is 4.45. The van der Waals surface area contributed by atoms with Crippen LogP contribution in [-0.4, -0.2) is 48.3 Å². The van der Waals surface area contributed by atoms with Crippen LogP contribution in [0.4, 0.5) is 11.4 Å². The van der Waals surface area contributed by atoms with E-state index in [0.29, 0.717) is 25.4 Å². The van der Waals surface area contributed by atoms with Gasteiger partial charge in [0.15, 0.2) is 0 Å². The number of ether oxygens (including phenoxy) is 1. The molecule has 0 aromatic heterocycles. The van der Waals surface area contributed by atoms with E-state index in [0.717, 1.165) is 0 Å². The summed E-state index contributed by atoms with van der Waals surface area (Å²) in [6.07, 6.45) is -0.376. The molecule has 1 saturated heterocycles. The Labute approximate surface area is 114 Å². The van der Waals surface area contributed by atoms with Gasteiger partial charge in [0.05, 0.1) is 24.2 Å². The number of benzene rings is 1. The van der Waals surface area contributed by atoms with E-state index in [1.54, 1.807) is 4.90 Å². The standard InChI is InChI=1S/C12H15N3O5/c13-12(17)8-1-2-10(11(5-8)15(18)19)14-3-4-20-9(6-14)7-16/h1-2,5,9,16H,3-4,6-7H2,(H2,13,17). The smallest absolute Gasteiger partial charge is 0.293 e. The molecule has 0 saturated carbocycles. The number of amides is 1. The highest BCUT2D eigenvalue weighted by Crippen LogP contribution is 2.30. The molecule has 2 rings (SSSR count). The molecule has 0 spiro atoms. The lowest BCUT2D eigenvalue weighted by molar-refractivity contribution is -0.384. The molecule has 0 aliphatic carbocycles. The van der Waals surface area contributed by atoms with Gasteiger partial charge in [-0.1, -0.05) is 0 Å². The summed E-state index contributed by atoms with van der Waals surface area (Å²) in [7, 11) is 0. The number of morpholine rings is 1. The Hall–Kier alpha value is -2.19. The molecular formula is C12H15N3O5. The van der Waals surface area contributed by atoms with Gasteiger partial charge in [-0.3, -0.25) is 14.9 Å². The average molecular weight is 281 g/mol. The van der Waals surface area contributed by atoms with E-state index in [-0.39, 0.29) is 24.0 Å². The largest absolute Gasteiger partial charge is 0.394 e. The van der Waals surface area contributed by atoms with Crippen molar-refractivity contribution in [2.45, 2.75) is 6.10 Å². The third-order valence-electron chi connectivity index (χ3n) is 3.14. The summed E-state index contributed by atoms with van der Waals surface area (Å²) in [5, 5.41) is 20.2. The average Bonchev–Trinajstić information content (AvgIpc) is 2.46. The van der Waals surface area contributed by atoms with Gasteiger partial charge in [0.2, 0.25) is 5.91 Å². The van der Waals surface area contributed by atoms with Crippen LogP contribution < -0.4 is 10.6 Å². The fraction of sp³-hybridized carbons (Fsp3) is 0.417. The topological polar surface area (TPSA) is 119 Å². The van der Waals surface area contributed by atoms with Crippen LogP contribution in [0.3, 0.4) is 0 Å². The number of primary amides is 1. The van der Waals surface area contributed by atoms with Crippen molar-refractivity contribution < 1.29 is 19.6 Å². The number of nitro benzene ring substituents is 1. The molecule has 1 fully saturated rings. The highest BCUT2D eigenvalue weighted by atomic mass is 16.6. The number of anilines is 1. The number of nitrogens with zero attached hydrogens (tertiary/aromatic N) is 2. The van der Waals surface area contributed by atoms with Crippen LogP contribution >= 0.6 is 0 Å². The van der Waals surface area contributed by atoms with Gasteiger partial charge in [-0.2, -0.15) is 0 Å². The fourth-order valence-corrected chi connectivity index (χ4v) is 2.14. The molecule has 1 amide bonds. The molecule has 8 nitrogen and oxygen atoms in total. The molecule has 3 N–H and O–H groups in total. The van der Waals surface area contributed by atoms with Crippen molar-refractivity contribution in [3.8, 4) is 0 Å². The van der Waals surface area contributed by atoms with Crippen LogP contribution in [0.2, 0.25) is 0 Å². The molecule has 0 bridgehead atoms. The van der Waals surface area contributed by atoms with Crippen molar-refractivity contribution in [3.05, 3.63) is 33.9 Å². The highest BCUT2D eigenvalue weighted by molar-refractivity contribution is 5.94. The van der Waals surface area contributed by atoms with Crippen LogP contribution in [0.1, 0.15) is 10.4 Å². The van der Waals surface area contributed by atoms with E-state index < -0.39 is 10.8 Å². The SMILES string of the molecule is NC(=O)c1ccc(N2CCOC(CO)C2)c([N+](=O)[O-])c1. The van der Waals surface area contributed by atoms with Crippen LogP contribution in [0.25, 0.3) is 0 Å². The van der Waals surface area contributed by atoms with Gasteiger partial charge in [0.1, 0.15) is 5.69 Å². The second-order valence-electron chi connectivity index (χ2n) is 4.45. The minimum absolute atomic E-state index is 0.0902. The summed E-state index contributed by atoms with van der Waals surface area (Å²) in [4.78, 5) is 23.4. The Morgan fingerprint density at radius 2 is 2.35 bits per heavy atom. The zero-order valence-corrected chi connectivity index (χ0v) is 10.7. The van der Waals surface area contributed by atoms with Gasteiger partial charge in [-0.15, -0.1) is 0 Å². The Bertz CT molecular complexity index is 534. The minimum Gasteiger partial charge on any atom is -0.394 e. The lowest BCUT2D eigenvalue weighted by atomic mass is 10.1. The number of aliphatic hydroxyl groups excluding tert-OH is 1. The molecule has 108 valence electrons. The first-order valence-corrected chi connectivity index (χ1v) is 6.08. The number of nitrogens with two attached hydrogens (primary N) is 1. The molecule has 0 radical (unpaired) electrons. The number of carbonyl (C=O) groups excluding carboxylic acids is 1. The van der Waals surface area contributed by atoms with Crippen molar-refractivity contribution in [3.63, 3.8) is 0 Å². The van der Waals surface area contributed by atoms with Crippen LogP contribution in [0.15, 0.2) is 18.2 Å². The van der Waals surface area contributed by atoms with Crippen molar-refractivity contribution in [2.75, 3.05) is 31.2 Å². The normalized spacial score (nSPS) is 18.9. The molecule has 1 aliphatic rings. The lowest BCUT2D eigenvalue weighted by Gasteiger charge is -2.33. The second kappa shape index (κ2) is 5.85. The third kappa shape index (κ3) is 2.86. The third-order valence-corrected chi connectivity index (χ3v) is 3.14. The Morgan fingerprint density at radius 1 is 1.60 bits per heavy atom. The van der Waals surface area contributed by atoms with Crippen LogP contribution in [0, 0.1) is 10.1 Å². The number of hydrogen-bond donors (Lipinski definition) is 2. The molecule has 1 unspecified atom stereocenters. The summed E-state index contributed by atoms with van der Waals surface area (Å²) in [5.74, 6) is -0.713. The highest BCUT2D eigenvalue weighted by Gasteiger charge is 2.26. The number of aliphatic hydroxyl groups is 1. The van der Waals surface area contributed by atoms with Crippen molar-refractivity contribution in [2.24, 2.45) is 5.73 Å². The summed E-state index contributed by atoms with van der Waals surface area (Å²) < 4.78 is 5.31. The van der Waals surface area contributed by atoms with E-state index in [4.69, 9.17) is 15.6 Å². The Kier molecular flexibility index (Phi) is 4.16. The van der Waals surface area contributed by atoms with E-state index in [9.17, 15) is 14.9 Å². The monoisotopic (exact) mass is 281 g/mol. The van der Waals surface area contributed by atoms with Gasteiger partial charge in [-0.05, 0) is 12.1 Å². The van der Waals surface area contributed by atoms with E-state index in [1.165, 1.54) is 18.2 Å². The number of carbonyl (C=O) groups is 1. The molecule has 1 aromatic carbocycles. The minimum atomic E-state index is -0.713. The van der Waals surface area contributed by atoms with E-state index in [2.05, 4.69) is 0 Å². The van der Waals surface area contributed by atoms with Crippen LogP contribution in [0.5, 0.6) is 0 Å². The molecular weight excluding hydrogens is 266 g/mol. The van der Waals surface area contributed by atoms with Gasteiger partial charge in [0.25, 0.3) is 5.69 Å². The lowest BCUT2D eigenvalue weighted by Crippen LogP contribution is -2.44. The van der Waals surface area contributed by atoms with Gasteiger partial charge >= 0.3 is 0 Å². The first-order valence-electron chi connectivity index (χ1n) is 6.08. The van der Waals surface area contributed by atoms with Gasteiger partial charge in [0, 0.05) is 24.7 Å². The zero-order valence-electron chi connectivity index (χ0n) is 10.7. The summed E-state index contributed by atoms with van der Waals surface area (Å²) in [5.41, 5.74) is 5.43. The van der Waals surface area contributed by atoms with Crippen molar-refractivity contribution in [1.82, 2.24) is 0 Å². The molecule has 1 aromatic rings. The molecule has 1 atom stereocenters. The maximum atomic E-state index is 11.1. The first kappa shape index (κ1) is 14.2. The number of nitro groups is 1. The molecule has 8 heteroatoms. The molecule has 20 heavy (non-hydrogen) atoms. The van der Waals surface area contributed by atoms with E-state index >= 15 is 0 Å². The summed E-state index contributed by atoms with van der Waals surface area (Å²) in [6, 6.07) is 4.12. The predicted molar refractivity (Wildman–Crippen MR) is 70.7 cm³/mol. The predicted octanol–water partition coefficient (Wildman–Crippen LogP) is -0.109. The van der Waals surface area contributed by atoms with Gasteiger partial charge < -0.3 is 20.5 Å². The molecule has 1 aliphatic heterocycles. The number of hydrogen-bond acceptors (Lipinski definition) is 6. The van der Waals surface area contributed by atoms with Crippen LogP contribution in [-0.2, 0) is 4.74 Å². The maximum Gasteiger partial charge on any atom is 0.293 e. The first-order chi connectivity index (χ1) is 9.52. The summed E-state index contributed by atoms with van der Waals surface area (Å²) in [6.45, 7) is 1.06. The zero-order chi connectivity index (χ0) is 14.7. The summed E-state index contributed by atoms with van der Waals surface area (Å²) >= 11 is 0. The Balaban J connectivity index is 2.35. The Morgan fingerprint density at radius 3 is 2.95 bits per heavy atom. The fourth-order valence-electron chi connectivity index (χ4n) is 2.14. The van der Waals surface area contributed by atoms with Gasteiger partial charge in [-0.25, -0.2) is 0 Å². The van der Waals surface area contributed by atoms with Crippen molar-refractivity contribution in [1.29, 1.82) is 0 Å². The maximum absolute atomic E-state index is 11.1. The number of rotatable bonds is 4. The quantitative estimate of drug-likeness (QED) is 0.587. The van der Waals surface area contributed by atoms with Crippen molar-refractivity contribution >= 4 is 17.3 Å². The van der Waals surface area contributed by atoms with E-state index in [1.807, 2.05) is 0 Å².